The number of benzene rings is 1. The van der Waals surface area contributed by atoms with Gasteiger partial charge in [0.05, 0.1) is 10.6 Å². The van der Waals surface area contributed by atoms with Crippen molar-refractivity contribution in [1.82, 2.24) is 0 Å². The molecule has 0 spiro atoms. The van der Waals surface area contributed by atoms with Crippen molar-refractivity contribution in [1.29, 1.82) is 0 Å². The summed E-state index contributed by atoms with van der Waals surface area (Å²) in [5.74, 6) is -3.59. The Kier molecular flexibility index (Phi) is 2.80. The maximum atomic E-state index is 12.9. The Morgan fingerprint density at radius 3 is 2.36 bits per heavy atom. The molecule has 0 unspecified atom stereocenters. The quantitative estimate of drug-likeness (QED) is 0.531. The second-order valence-electron chi connectivity index (χ2n) is 2.43. The molecule has 0 amide bonds. The molecule has 6 heteroatoms. The summed E-state index contributed by atoms with van der Waals surface area (Å²) in [6, 6.07) is 2.87. The fourth-order valence-electron chi connectivity index (χ4n) is 0.832. The summed E-state index contributed by atoms with van der Waals surface area (Å²) in [6.45, 7) is 0. The zero-order valence-electron chi connectivity index (χ0n) is 6.53. The van der Waals surface area contributed by atoms with E-state index in [1.807, 2.05) is 0 Å². The predicted molar refractivity (Wildman–Crippen MR) is 41.8 cm³/mol. The number of alkyl halides is 3. The summed E-state index contributed by atoms with van der Waals surface area (Å²) in [6.07, 6.45) is -5.09. The molecule has 0 aliphatic heterocycles. The molecule has 0 aromatic heterocycles. The van der Waals surface area contributed by atoms with Crippen molar-refractivity contribution in [3.05, 3.63) is 34.6 Å². The van der Waals surface area contributed by atoms with Crippen molar-refractivity contribution in [2.24, 2.45) is 0 Å². The van der Waals surface area contributed by atoms with Gasteiger partial charge in [-0.1, -0.05) is 17.7 Å². The van der Waals surface area contributed by atoms with Crippen LogP contribution < -0.4 is 0 Å². The molecule has 1 nitrogen and oxygen atoms in total. The summed E-state index contributed by atoms with van der Waals surface area (Å²) in [5.41, 5.74) is -1.06. The number of halogens is 5. The Hall–Kier alpha value is -1.10. The van der Waals surface area contributed by atoms with Crippen molar-refractivity contribution < 1.29 is 22.4 Å². The highest BCUT2D eigenvalue weighted by Gasteiger charge is 2.40. The molecule has 1 aromatic carbocycles. The van der Waals surface area contributed by atoms with Gasteiger partial charge in [0.15, 0.2) is 5.82 Å². The zero-order chi connectivity index (χ0) is 10.9. The van der Waals surface area contributed by atoms with Gasteiger partial charge >= 0.3 is 6.18 Å². The molecule has 14 heavy (non-hydrogen) atoms. The van der Waals surface area contributed by atoms with Crippen LogP contribution in [-0.4, -0.2) is 12.0 Å². The Bertz CT molecular complexity index is 372. The third kappa shape index (κ3) is 2.04. The number of carbonyl (C=O) groups excluding carboxylic acids is 1. The van der Waals surface area contributed by atoms with Crippen LogP contribution in [0, 0.1) is 5.82 Å². The van der Waals surface area contributed by atoms with E-state index in [1.54, 1.807) is 0 Å². The first-order chi connectivity index (χ1) is 6.34. The lowest BCUT2D eigenvalue weighted by Crippen LogP contribution is -2.23. The lowest BCUT2D eigenvalue weighted by Gasteiger charge is -2.06. The number of ketones is 1. The van der Waals surface area contributed by atoms with E-state index < -0.39 is 28.4 Å². The molecule has 0 radical (unpaired) electrons. The molecule has 0 bridgehead atoms. The van der Waals surface area contributed by atoms with Gasteiger partial charge < -0.3 is 0 Å². The van der Waals surface area contributed by atoms with Gasteiger partial charge in [-0.25, -0.2) is 4.39 Å². The van der Waals surface area contributed by atoms with E-state index in [4.69, 9.17) is 11.6 Å². The average Bonchev–Trinajstić information content (AvgIpc) is 2.07. The first-order valence-electron chi connectivity index (χ1n) is 3.39. The highest BCUT2D eigenvalue weighted by Crippen LogP contribution is 2.25. The van der Waals surface area contributed by atoms with E-state index in [9.17, 15) is 22.4 Å². The van der Waals surface area contributed by atoms with Crippen molar-refractivity contribution in [2.45, 2.75) is 6.18 Å². The molecule has 0 saturated heterocycles. The van der Waals surface area contributed by atoms with Crippen LogP contribution in [0.1, 0.15) is 10.4 Å². The highest BCUT2D eigenvalue weighted by molar-refractivity contribution is 6.31. The van der Waals surface area contributed by atoms with Gasteiger partial charge in [0.2, 0.25) is 0 Å². The monoisotopic (exact) mass is 226 g/mol. The first kappa shape index (κ1) is 11.0. The van der Waals surface area contributed by atoms with E-state index in [0.29, 0.717) is 0 Å². The Labute approximate surface area is 81.3 Å². The highest BCUT2D eigenvalue weighted by atomic mass is 35.5. The van der Waals surface area contributed by atoms with Gasteiger partial charge in [0.1, 0.15) is 0 Å². The molecule has 76 valence electrons. The number of hydrogen-bond donors (Lipinski definition) is 0. The molecule has 0 aliphatic carbocycles. The van der Waals surface area contributed by atoms with Crippen LogP contribution in [0.2, 0.25) is 5.02 Å². The Morgan fingerprint density at radius 2 is 1.86 bits per heavy atom. The summed E-state index contributed by atoms with van der Waals surface area (Å²) >= 11 is 5.21. The van der Waals surface area contributed by atoms with Crippen molar-refractivity contribution in [3.8, 4) is 0 Å². The van der Waals surface area contributed by atoms with Crippen molar-refractivity contribution in [3.63, 3.8) is 0 Å². The SMILES string of the molecule is O=C(c1cccc(Cl)c1F)C(F)(F)F. The summed E-state index contributed by atoms with van der Waals surface area (Å²) in [5, 5.41) is -0.514. The minimum atomic E-state index is -5.09. The second-order valence-corrected chi connectivity index (χ2v) is 2.84. The molecule has 0 heterocycles. The third-order valence-corrected chi connectivity index (χ3v) is 1.75. The predicted octanol–water partition coefficient (Wildman–Crippen LogP) is 3.22. The van der Waals surface area contributed by atoms with E-state index >= 15 is 0 Å². The van der Waals surface area contributed by atoms with Crippen LogP contribution in [0.5, 0.6) is 0 Å². The number of Topliss-reactive ketones (excluding diaryl/α,β-unsaturated/α-hetero) is 1. The number of hydrogen-bond acceptors (Lipinski definition) is 1. The fraction of sp³-hybridized carbons (Fsp3) is 0.125. The Balaban J connectivity index is 3.21. The van der Waals surface area contributed by atoms with Crippen LogP contribution >= 0.6 is 11.6 Å². The summed E-state index contributed by atoms with van der Waals surface area (Å²) in [4.78, 5) is 10.6. The molecule has 0 N–H and O–H groups in total. The lowest BCUT2D eigenvalue weighted by molar-refractivity contribution is -0.0887. The zero-order valence-corrected chi connectivity index (χ0v) is 7.29. The molecule has 1 rings (SSSR count). The number of rotatable bonds is 1. The molecule has 0 aliphatic rings. The van der Waals surface area contributed by atoms with Crippen LogP contribution in [0.3, 0.4) is 0 Å². The molecule has 0 atom stereocenters. The molecule has 0 fully saturated rings. The minimum Gasteiger partial charge on any atom is -0.284 e. The maximum absolute atomic E-state index is 12.9. The average molecular weight is 227 g/mol. The van der Waals surface area contributed by atoms with Gasteiger partial charge in [-0.2, -0.15) is 13.2 Å². The summed E-state index contributed by atoms with van der Waals surface area (Å²) in [7, 11) is 0. The molecule has 1 aromatic rings. The largest absolute Gasteiger partial charge is 0.454 e. The number of carbonyl (C=O) groups is 1. The van der Waals surface area contributed by atoms with Gasteiger partial charge in [-0.05, 0) is 12.1 Å². The van der Waals surface area contributed by atoms with Gasteiger partial charge in [-0.15, -0.1) is 0 Å². The normalized spacial score (nSPS) is 11.5. The maximum Gasteiger partial charge on any atom is 0.454 e. The van der Waals surface area contributed by atoms with Gasteiger partial charge in [0, 0.05) is 0 Å². The molecule has 0 saturated carbocycles. The van der Waals surface area contributed by atoms with Gasteiger partial charge in [0.25, 0.3) is 5.78 Å². The third-order valence-electron chi connectivity index (χ3n) is 1.45. The Morgan fingerprint density at radius 1 is 1.29 bits per heavy atom. The van der Waals surface area contributed by atoms with Crippen LogP contribution in [0.15, 0.2) is 18.2 Å². The lowest BCUT2D eigenvalue weighted by atomic mass is 10.1. The first-order valence-corrected chi connectivity index (χ1v) is 3.77. The van der Waals surface area contributed by atoms with E-state index in [-0.39, 0.29) is 0 Å². The fourth-order valence-corrected chi connectivity index (χ4v) is 1.01. The van der Waals surface area contributed by atoms with Crippen molar-refractivity contribution >= 4 is 17.4 Å². The van der Waals surface area contributed by atoms with Crippen LogP contribution in [-0.2, 0) is 0 Å². The van der Waals surface area contributed by atoms with Crippen LogP contribution in [0.4, 0.5) is 17.6 Å². The molecular formula is C8H3ClF4O. The smallest absolute Gasteiger partial charge is 0.284 e. The standard InChI is InChI=1S/C8H3ClF4O/c9-5-3-1-2-4(6(5)10)7(14)8(11,12)13/h1-3H. The summed E-state index contributed by atoms with van der Waals surface area (Å²) < 4.78 is 48.6. The minimum absolute atomic E-state index is 0.514. The van der Waals surface area contributed by atoms with E-state index in [0.717, 1.165) is 18.2 Å². The second kappa shape index (κ2) is 3.57. The van der Waals surface area contributed by atoms with E-state index in [2.05, 4.69) is 0 Å². The van der Waals surface area contributed by atoms with Gasteiger partial charge in [-0.3, -0.25) is 4.79 Å². The van der Waals surface area contributed by atoms with Crippen molar-refractivity contribution in [2.75, 3.05) is 0 Å². The van der Waals surface area contributed by atoms with Crippen LogP contribution in [0.25, 0.3) is 0 Å². The van der Waals surface area contributed by atoms with E-state index in [1.165, 1.54) is 0 Å². The molecular weight excluding hydrogens is 224 g/mol. The topological polar surface area (TPSA) is 17.1 Å².